The van der Waals surface area contributed by atoms with Crippen molar-refractivity contribution in [3.63, 3.8) is 0 Å². The molecule has 3 nitrogen and oxygen atoms in total. The minimum Gasteiger partial charge on any atom is -0.324 e. The van der Waals surface area contributed by atoms with Crippen LogP contribution in [0.1, 0.15) is 25.3 Å². The van der Waals surface area contributed by atoms with Gasteiger partial charge in [0.05, 0.1) is 0 Å². The molecule has 17 heavy (non-hydrogen) atoms. The van der Waals surface area contributed by atoms with Crippen LogP contribution in [0.3, 0.4) is 0 Å². The molecule has 1 N–H and O–H groups in total. The standard InChI is InChI=1S/C13H14ClN3/c1-9(2)11-8-10(14)4-5-12(11)17-13-15-6-3-7-16-13/h3-9H,1-2H3,(H,15,16,17). The number of benzene rings is 1. The van der Waals surface area contributed by atoms with Crippen molar-refractivity contribution in [2.75, 3.05) is 5.32 Å². The molecule has 2 aromatic rings. The van der Waals surface area contributed by atoms with Gasteiger partial charge in [-0.25, -0.2) is 9.97 Å². The number of hydrogen-bond acceptors (Lipinski definition) is 3. The number of aromatic nitrogens is 2. The van der Waals surface area contributed by atoms with Crippen LogP contribution in [0.25, 0.3) is 0 Å². The van der Waals surface area contributed by atoms with Crippen LogP contribution in [0.5, 0.6) is 0 Å². The lowest BCUT2D eigenvalue weighted by Crippen LogP contribution is -2.00. The van der Waals surface area contributed by atoms with Crippen LogP contribution in [0.2, 0.25) is 5.02 Å². The van der Waals surface area contributed by atoms with Crippen molar-refractivity contribution in [1.29, 1.82) is 0 Å². The highest BCUT2D eigenvalue weighted by atomic mass is 35.5. The van der Waals surface area contributed by atoms with E-state index in [-0.39, 0.29) is 0 Å². The predicted molar refractivity (Wildman–Crippen MR) is 70.9 cm³/mol. The summed E-state index contributed by atoms with van der Waals surface area (Å²) in [6.45, 7) is 4.26. The van der Waals surface area contributed by atoms with Crippen molar-refractivity contribution in [1.82, 2.24) is 9.97 Å². The van der Waals surface area contributed by atoms with Crippen LogP contribution in [0.15, 0.2) is 36.7 Å². The maximum Gasteiger partial charge on any atom is 0.227 e. The van der Waals surface area contributed by atoms with Gasteiger partial charge in [0.25, 0.3) is 0 Å². The fourth-order valence-electron chi connectivity index (χ4n) is 1.61. The van der Waals surface area contributed by atoms with Crippen LogP contribution in [-0.4, -0.2) is 9.97 Å². The third-order valence-electron chi connectivity index (χ3n) is 2.45. The molecule has 0 aliphatic carbocycles. The first kappa shape index (κ1) is 11.9. The Morgan fingerprint density at radius 2 is 1.88 bits per heavy atom. The molecule has 0 saturated carbocycles. The Hall–Kier alpha value is -1.61. The van der Waals surface area contributed by atoms with Gasteiger partial charge in [0, 0.05) is 23.1 Å². The highest BCUT2D eigenvalue weighted by Gasteiger charge is 2.08. The summed E-state index contributed by atoms with van der Waals surface area (Å²) in [7, 11) is 0. The number of nitrogens with one attached hydrogen (secondary N) is 1. The summed E-state index contributed by atoms with van der Waals surface area (Å²) in [6, 6.07) is 7.57. The van der Waals surface area contributed by atoms with Gasteiger partial charge < -0.3 is 5.32 Å². The van der Waals surface area contributed by atoms with Gasteiger partial charge in [-0.05, 0) is 35.7 Å². The van der Waals surface area contributed by atoms with E-state index in [4.69, 9.17) is 11.6 Å². The van der Waals surface area contributed by atoms with E-state index < -0.39 is 0 Å². The molecule has 1 heterocycles. The molecule has 4 heteroatoms. The van der Waals surface area contributed by atoms with Gasteiger partial charge in [-0.2, -0.15) is 0 Å². The van der Waals surface area contributed by atoms with Crippen LogP contribution < -0.4 is 5.32 Å². The molecule has 0 atom stereocenters. The zero-order valence-corrected chi connectivity index (χ0v) is 10.6. The van der Waals surface area contributed by atoms with Gasteiger partial charge in [-0.1, -0.05) is 25.4 Å². The van der Waals surface area contributed by atoms with Gasteiger partial charge in [0.2, 0.25) is 5.95 Å². The van der Waals surface area contributed by atoms with Crippen LogP contribution >= 0.6 is 11.6 Å². The van der Waals surface area contributed by atoms with Gasteiger partial charge in [-0.3, -0.25) is 0 Å². The van der Waals surface area contributed by atoms with Crippen molar-refractivity contribution >= 4 is 23.2 Å². The lowest BCUT2D eigenvalue weighted by Gasteiger charge is -2.13. The maximum absolute atomic E-state index is 6.00. The van der Waals surface area contributed by atoms with Crippen molar-refractivity contribution in [2.24, 2.45) is 0 Å². The first-order valence-electron chi connectivity index (χ1n) is 5.50. The zero-order valence-electron chi connectivity index (χ0n) is 9.81. The smallest absolute Gasteiger partial charge is 0.227 e. The summed E-state index contributed by atoms with van der Waals surface area (Å²) < 4.78 is 0. The maximum atomic E-state index is 6.00. The normalized spacial score (nSPS) is 10.6. The molecule has 0 bridgehead atoms. The van der Waals surface area contributed by atoms with Crippen molar-refractivity contribution in [2.45, 2.75) is 19.8 Å². The lowest BCUT2D eigenvalue weighted by molar-refractivity contribution is 0.868. The van der Waals surface area contributed by atoms with Gasteiger partial charge >= 0.3 is 0 Å². The Kier molecular flexibility index (Phi) is 3.59. The van der Waals surface area contributed by atoms with E-state index in [9.17, 15) is 0 Å². The van der Waals surface area contributed by atoms with Crippen molar-refractivity contribution < 1.29 is 0 Å². The summed E-state index contributed by atoms with van der Waals surface area (Å²) in [5.41, 5.74) is 2.15. The minimum atomic E-state index is 0.389. The van der Waals surface area contributed by atoms with Crippen LogP contribution in [-0.2, 0) is 0 Å². The SMILES string of the molecule is CC(C)c1cc(Cl)ccc1Nc1ncccn1. The largest absolute Gasteiger partial charge is 0.324 e. The summed E-state index contributed by atoms with van der Waals surface area (Å²) in [5, 5.41) is 3.94. The quantitative estimate of drug-likeness (QED) is 0.891. The average Bonchev–Trinajstić information content (AvgIpc) is 2.32. The first-order chi connectivity index (χ1) is 8.16. The lowest BCUT2D eigenvalue weighted by atomic mass is 10.0. The highest BCUT2D eigenvalue weighted by Crippen LogP contribution is 2.28. The molecule has 2 rings (SSSR count). The first-order valence-corrected chi connectivity index (χ1v) is 5.88. The summed E-state index contributed by atoms with van der Waals surface area (Å²) in [4.78, 5) is 8.28. The number of rotatable bonds is 3. The van der Waals surface area contributed by atoms with E-state index in [0.29, 0.717) is 11.9 Å². The highest BCUT2D eigenvalue weighted by molar-refractivity contribution is 6.30. The predicted octanol–water partition coefficient (Wildman–Crippen LogP) is 4.00. The van der Waals surface area contributed by atoms with Crippen LogP contribution in [0, 0.1) is 0 Å². The molecule has 88 valence electrons. The minimum absolute atomic E-state index is 0.389. The average molecular weight is 248 g/mol. The second-order valence-corrected chi connectivity index (χ2v) is 4.52. The van der Waals surface area contributed by atoms with E-state index in [0.717, 1.165) is 16.3 Å². The number of halogens is 1. The third kappa shape index (κ3) is 2.94. The fraction of sp³-hybridized carbons (Fsp3) is 0.231. The Morgan fingerprint density at radius 1 is 1.18 bits per heavy atom. The van der Waals surface area contributed by atoms with E-state index >= 15 is 0 Å². The molecule has 0 fully saturated rings. The van der Waals surface area contributed by atoms with Crippen molar-refractivity contribution in [3.8, 4) is 0 Å². The third-order valence-corrected chi connectivity index (χ3v) is 2.68. The zero-order chi connectivity index (χ0) is 12.3. The van der Waals surface area contributed by atoms with Crippen LogP contribution in [0.4, 0.5) is 11.6 Å². The molecule has 0 amide bonds. The molecular formula is C13H14ClN3. The molecular weight excluding hydrogens is 234 g/mol. The molecule has 0 spiro atoms. The Morgan fingerprint density at radius 3 is 2.53 bits per heavy atom. The monoisotopic (exact) mass is 247 g/mol. The Labute approximate surface area is 106 Å². The Bertz CT molecular complexity index is 497. The van der Waals surface area contributed by atoms with Gasteiger partial charge in [-0.15, -0.1) is 0 Å². The number of hydrogen-bond donors (Lipinski definition) is 1. The van der Waals surface area contributed by atoms with E-state index in [1.54, 1.807) is 18.5 Å². The topological polar surface area (TPSA) is 37.8 Å². The molecule has 0 aliphatic heterocycles. The molecule has 0 aliphatic rings. The molecule has 1 aromatic carbocycles. The van der Waals surface area contributed by atoms with E-state index in [1.165, 1.54) is 0 Å². The molecule has 0 unspecified atom stereocenters. The van der Waals surface area contributed by atoms with E-state index in [2.05, 4.69) is 29.1 Å². The second kappa shape index (κ2) is 5.15. The number of anilines is 2. The molecule has 0 saturated heterocycles. The van der Waals surface area contributed by atoms with Gasteiger partial charge in [0.15, 0.2) is 0 Å². The van der Waals surface area contributed by atoms with E-state index in [1.807, 2.05) is 18.2 Å². The molecule has 1 aromatic heterocycles. The Balaban J connectivity index is 2.33. The fourth-order valence-corrected chi connectivity index (χ4v) is 1.79. The van der Waals surface area contributed by atoms with Gasteiger partial charge in [0.1, 0.15) is 0 Å². The van der Waals surface area contributed by atoms with Crippen molar-refractivity contribution in [3.05, 3.63) is 47.2 Å². The summed E-state index contributed by atoms with van der Waals surface area (Å²) in [6.07, 6.45) is 3.42. The molecule has 0 radical (unpaired) electrons. The summed E-state index contributed by atoms with van der Waals surface area (Å²) in [5.74, 6) is 0.983. The number of nitrogens with zero attached hydrogens (tertiary/aromatic N) is 2. The summed E-state index contributed by atoms with van der Waals surface area (Å²) >= 11 is 6.00. The second-order valence-electron chi connectivity index (χ2n) is 4.08.